The number of aliphatic hydroxyl groups is 1. The van der Waals surface area contributed by atoms with Crippen molar-refractivity contribution in [3.8, 4) is 11.3 Å². The Bertz CT molecular complexity index is 463. The Hall–Kier alpha value is -1.94. The third-order valence-corrected chi connectivity index (χ3v) is 2.11. The van der Waals surface area contributed by atoms with Gasteiger partial charge in [-0.2, -0.15) is 5.10 Å². The number of nitrogens with zero attached hydrogens (tertiary/aromatic N) is 2. The smallest absolute Gasteiger partial charge is 0.153 e. The first-order valence-corrected chi connectivity index (χ1v) is 4.54. The molecule has 4 nitrogen and oxygen atoms in total. The Morgan fingerprint density at radius 1 is 1.33 bits per heavy atom. The molecule has 0 bridgehead atoms. The zero-order valence-corrected chi connectivity index (χ0v) is 8.00. The monoisotopic (exact) mass is 202 g/mol. The lowest BCUT2D eigenvalue weighted by Crippen LogP contribution is -1.96. The Labute approximate surface area is 86.8 Å². The van der Waals surface area contributed by atoms with Gasteiger partial charge in [0.15, 0.2) is 6.29 Å². The summed E-state index contributed by atoms with van der Waals surface area (Å²) in [4.78, 5) is 10.8. The molecular formula is C11H10N2O2. The molecular weight excluding hydrogens is 192 g/mol. The summed E-state index contributed by atoms with van der Waals surface area (Å²) in [5, 5.41) is 13.0. The maximum absolute atomic E-state index is 10.8. The zero-order valence-electron chi connectivity index (χ0n) is 8.00. The predicted molar refractivity (Wildman–Crippen MR) is 55.3 cm³/mol. The molecule has 1 heterocycles. The molecule has 0 atom stereocenters. The van der Waals surface area contributed by atoms with Crippen LogP contribution in [-0.4, -0.2) is 21.2 Å². The highest BCUT2D eigenvalue weighted by Crippen LogP contribution is 2.19. The summed E-state index contributed by atoms with van der Waals surface area (Å²) in [5.74, 6) is 0. The molecule has 0 aliphatic rings. The number of aromatic nitrogens is 2. The van der Waals surface area contributed by atoms with Crippen LogP contribution in [0.4, 0.5) is 0 Å². The van der Waals surface area contributed by atoms with Crippen LogP contribution in [0.1, 0.15) is 10.4 Å². The van der Waals surface area contributed by atoms with Gasteiger partial charge in [-0.1, -0.05) is 30.3 Å². The summed E-state index contributed by atoms with van der Waals surface area (Å²) in [6.45, 7) is -0.228. The fourth-order valence-corrected chi connectivity index (χ4v) is 1.42. The van der Waals surface area contributed by atoms with E-state index in [1.165, 1.54) is 10.9 Å². The molecule has 2 aromatic rings. The third kappa shape index (κ3) is 1.80. The topological polar surface area (TPSA) is 55.1 Å². The van der Waals surface area contributed by atoms with Crippen LogP contribution in [0.2, 0.25) is 0 Å². The second-order valence-electron chi connectivity index (χ2n) is 3.10. The maximum Gasteiger partial charge on any atom is 0.153 e. The van der Waals surface area contributed by atoms with Crippen molar-refractivity contribution in [3.05, 3.63) is 42.1 Å². The minimum atomic E-state index is -0.228. The fourth-order valence-electron chi connectivity index (χ4n) is 1.42. The molecule has 0 saturated heterocycles. The summed E-state index contributed by atoms with van der Waals surface area (Å²) in [5.41, 5.74) is 1.95. The molecule has 1 aromatic carbocycles. The molecule has 76 valence electrons. The molecule has 0 radical (unpaired) electrons. The highest BCUT2D eigenvalue weighted by Gasteiger charge is 2.09. The number of hydrogen-bond donors (Lipinski definition) is 1. The number of benzene rings is 1. The molecule has 0 saturated carbocycles. The minimum absolute atomic E-state index is 0.228. The Balaban J connectivity index is 2.52. The summed E-state index contributed by atoms with van der Waals surface area (Å²) < 4.78 is 1.33. The van der Waals surface area contributed by atoms with Crippen molar-refractivity contribution in [2.75, 3.05) is 0 Å². The van der Waals surface area contributed by atoms with E-state index in [1.807, 2.05) is 30.3 Å². The van der Waals surface area contributed by atoms with Crippen LogP contribution >= 0.6 is 0 Å². The second-order valence-corrected chi connectivity index (χ2v) is 3.10. The normalized spacial score (nSPS) is 10.2. The van der Waals surface area contributed by atoms with Gasteiger partial charge < -0.3 is 5.11 Å². The van der Waals surface area contributed by atoms with Crippen molar-refractivity contribution in [3.63, 3.8) is 0 Å². The molecule has 0 amide bonds. The highest BCUT2D eigenvalue weighted by molar-refractivity contribution is 5.85. The van der Waals surface area contributed by atoms with Crippen molar-refractivity contribution in [1.82, 2.24) is 9.78 Å². The molecule has 1 aromatic heterocycles. The number of rotatable bonds is 3. The average Bonchev–Trinajstić information content (AvgIpc) is 2.73. The first kappa shape index (κ1) is 9.61. The van der Waals surface area contributed by atoms with Crippen LogP contribution < -0.4 is 0 Å². The maximum atomic E-state index is 10.8. The Morgan fingerprint density at radius 3 is 2.67 bits per heavy atom. The van der Waals surface area contributed by atoms with E-state index in [2.05, 4.69) is 5.10 Å². The Morgan fingerprint density at radius 2 is 2.07 bits per heavy atom. The van der Waals surface area contributed by atoms with Crippen molar-refractivity contribution < 1.29 is 9.90 Å². The number of carbonyl (C=O) groups excluding carboxylic acids is 1. The van der Waals surface area contributed by atoms with Crippen LogP contribution in [0.15, 0.2) is 36.5 Å². The summed E-state index contributed by atoms with van der Waals surface area (Å²) in [6.07, 6.45) is 2.26. The number of carbonyl (C=O) groups is 1. The van der Waals surface area contributed by atoms with Gasteiger partial charge >= 0.3 is 0 Å². The van der Waals surface area contributed by atoms with Gasteiger partial charge in [-0.05, 0) is 0 Å². The van der Waals surface area contributed by atoms with Crippen molar-refractivity contribution in [2.24, 2.45) is 0 Å². The lowest BCUT2D eigenvalue weighted by atomic mass is 10.1. The molecule has 0 aliphatic heterocycles. The van der Waals surface area contributed by atoms with Gasteiger partial charge in [0.25, 0.3) is 0 Å². The van der Waals surface area contributed by atoms with Crippen LogP contribution in [0.3, 0.4) is 0 Å². The zero-order chi connectivity index (χ0) is 10.7. The molecule has 1 N–H and O–H groups in total. The van der Waals surface area contributed by atoms with E-state index in [9.17, 15) is 4.79 Å². The van der Waals surface area contributed by atoms with Crippen LogP contribution in [0.25, 0.3) is 11.3 Å². The molecule has 15 heavy (non-hydrogen) atoms. The number of aldehydes is 1. The molecule has 2 rings (SSSR count). The second kappa shape index (κ2) is 4.06. The van der Waals surface area contributed by atoms with Gasteiger partial charge in [0, 0.05) is 11.8 Å². The van der Waals surface area contributed by atoms with E-state index in [1.54, 1.807) is 0 Å². The van der Waals surface area contributed by atoms with Gasteiger partial charge in [0.05, 0.1) is 5.56 Å². The number of aliphatic hydroxyl groups excluding tert-OH is 1. The van der Waals surface area contributed by atoms with E-state index < -0.39 is 0 Å². The van der Waals surface area contributed by atoms with E-state index in [4.69, 9.17) is 5.11 Å². The summed E-state index contributed by atoms with van der Waals surface area (Å²) in [6, 6.07) is 9.39. The van der Waals surface area contributed by atoms with Crippen molar-refractivity contribution >= 4 is 6.29 Å². The van der Waals surface area contributed by atoms with Gasteiger partial charge in [-0.25, -0.2) is 4.68 Å². The van der Waals surface area contributed by atoms with Gasteiger partial charge in [-0.15, -0.1) is 0 Å². The largest absolute Gasteiger partial charge is 0.374 e. The molecule has 0 unspecified atom stereocenters. The SMILES string of the molecule is O=Cc1cn(CO)nc1-c1ccccc1. The minimum Gasteiger partial charge on any atom is -0.374 e. The predicted octanol–water partition coefficient (Wildman–Crippen LogP) is 1.31. The van der Waals surface area contributed by atoms with Gasteiger partial charge in [-0.3, -0.25) is 4.79 Å². The highest BCUT2D eigenvalue weighted by atomic mass is 16.3. The lowest BCUT2D eigenvalue weighted by Gasteiger charge is -1.96. The van der Waals surface area contributed by atoms with Crippen molar-refractivity contribution in [1.29, 1.82) is 0 Å². The van der Waals surface area contributed by atoms with E-state index in [0.29, 0.717) is 11.3 Å². The fraction of sp³-hybridized carbons (Fsp3) is 0.0909. The van der Waals surface area contributed by atoms with Gasteiger partial charge in [0.1, 0.15) is 12.4 Å². The van der Waals surface area contributed by atoms with Crippen molar-refractivity contribution in [2.45, 2.75) is 6.73 Å². The lowest BCUT2D eigenvalue weighted by molar-refractivity contribution is 0.112. The molecule has 0 fully saturated rings. The van der Waals surface area contributed by atoms with Crippen LogP contribution in [0.5, 0.6) is 0 Å². The first-order chi connectivity index (χ1) is 7.35. The summed E-state index contributed by atoms with van der Waals surface area (Å²) in [7, 11) is 0. The average molecular weight is 202 g/mol. The van der Waals surface area contributed by atoms with Gasteiger partial charge in [0.2, 0.25) is 0 Å². The van der Waals surface area contributed by atoms with E-state index in [0.717, 1.165) is 11.8 Å². The van der Waals surface area contributed by atoms with E-state index >= 15 is 0 Å². The van der Waals surface area contributed by atoms with Crippen LogP contribution in [0, 0.1) is 0 Å². The molecule has 0 spiro atoms. The molecule has 4 heteroatoms. The standard InChI is InChI=1S/C11H10N2O2/c14-7-10-6-13(8-15)12-11(10)9-4-2-1-3-5-9/h1-7,15H,8H2. The summed E-state index contributed by atoms with van der Waals surface area (Å²) >= 11 is 0. The van der Waals surface area contributed by atoms with E-state index in [-0.39, 0.29) is 6.73 Å². The quantitative estimate of drug-likeness (QED) is 0.763. The first-order valence-electron chi connectivity index (χ1n) is 4.54. The Kier molecular flexibility index (Phi) is 2.60. The van der Waals surface area contributed by atoms with Crippen LogP contribution in [-0.2, 0) is 6.73 Å². The third-order valence-electron chi connectivity index (χ3n) is 2.11. The number of hydrogen-bond acceptors (Lipinski definition) is 3. The molecule has 0 aliphatic carbocycles.